The summed E-state index contributed by atoms with van der Waals surface area (Å²) in [5, 5.41) is 6.96. The first-order valence-electron chi connectivity index (χ1n) is 7.01. The van der Waals surface area contributed by atoms with Gasteiger partial charge in [0.25, 0.3) is 0 Å². The molecule has 2 aromatic rings. The maximum atomic E-state index is 5.48. The summed E-state index contributed by atoms with van der Waals surface area (Å²) in [4.78, 5) is 4.54. The molecule has 0 bridgehead atoms. The van der Waals surface area contributed by atoms with Gasteiger partial charge >= 0.3 is 0 Å². The molecule has 3 nitrogen and oxygen atoms in total. The molecule has 1 heterocycles. The van der Waals surface area contributed by atoms with Gasteiger partial charge in [0, 0.05) is 24.0 Å². The second kappa shape index (κ2) is 5.54. The number of thiazole rings is 1. The molecule has 4 heteroatoms. The van der Waals surface area contributed by atoms with Gasteiger partial charge in [-0.1, -0.05) is 18.2 Å². The second-order valence-electron chi connectivity index (χ2n) is 5.58. The van der Waals surface area contributed by atoms with Crippen molar-refractivity contribution in [2.45, 2.75) is 37.8 Å². The zero-order valence-electron chi connectivity index (χ0n) is 11.9. The van der Waals surface area contributed by atoms with Crippen molar-refractivity contribution < 1.29 is 4.74 Å². The first-order chi connectivity index (χ1) is 9.71. The first-order valence-corrected chi connectivity index (χ1v) is 7.89. The highest BCUT2D eigenvalue weighted by molar-refractivity contribution is 7.09. The topological polar surface area (TPSA) is 34.1 Å². The SMILES string of the molecule is COc1ccccc1CC(C)(NC1CC1)c1nccs1. The molecule has 1 atom stereocenters. The van der Waals surface area contributed by atoms with Crippen LogP contribution in [0, 0.1) is 0 Å². The van der Waals surface area contributed by atoms with Gasteiger partial charge in [-0.15, -0.1) is 11.3 Å². The average molecular weight is 288 g/mol. The maximum absolute atomic E-state index is 5.48. The minimum absolute atomic E-state index is 0.121. The van der Waals surface area contributed by atoms with Crippen molar-refractivity contribution in [3.63, 3.8) is 0 Å². The monoisotopic (exact) mass is 288 g/mol. The fourth-order valence-corrected chi connectivity index (χ4v) is 3.36. The Labute approximate surface area is 124 Å². The normalized spacial score (nSPS) is 17.7. The molecule has 20 heavy (non-hydrogen) atoms. The van der Waals surface area contributed by atoms with E-state index < -0.39 is 0 Å². The summed E-state index contributed by atoms with van der Waals surface area (Å²) in [5.41, 5.74) is 1.10. The smallest absolute Gasteiger partial charge is 0.122 e. The van der Waals surface area contributed by atoms with E-state index in [4.69, 9.17) is 4.74 Å². The van der Waals surface area contributed by atoms with E-state index in [0.29, 0.717) is 6.04 Å². The first kappa shape index (κ1) is 13.6. The van der Waals surface area contributed by atoms with Crippen molar-refractivity contribution in [1.29, 1.82) is 0 Å². The lowest BCUT2D eigenvalue weighted by Gasteiger charge is -2.30. The zero-order chi connectivity index (χ0) is 14.0. The van der Waals surface area contributed by atoms with Gasteiger partial charge in [-0.25, -0.2) is 4.98 Å². The lowest BCUT2D eigenvalue weighted by Crippen LogP contribution is -2.43. The quantitative estimate of drug-likeness (QED) is 0.885. The van der Waals surface area contributed by atoms with E-state index in [1.807, 2.05) is 23.7 Å². The lowest BCUT2D eigenvalue weighted by atomic mass is 9.92. The molecular weight excluding hydrogens is 268 g/mol. The number of benzene rings is 1. The van der Waals surface area contributed by atoms with Crippen molar-refractivity contribution in [3.8, 4) is 5.75 Å². The molecule has 1 unspecified atom stereocenters. The molecule has 1 N–H and O–H groups in total. The predicted molar refractivity (Wildman–Crippen MR) is 82.3 cm³/mol. The Kier molecular flexibility index (Phi) is 3.76. The number of ether oxygens (including phenoxy) is 1. The Morgan fingerprint density at radius 1 is 1.40 bits per heavy atom. The molecule has 0 aliphatic heterocycles. The Hall–Kier alpha value is -1.39. The van der Waals surface area contributed by atoms with Crippen LogP contribution < -0.4 is 10.1 Å². The van der Waals surface area contributed by atoms with Crippen LogP contribution in [0.4, 0.5) is 0 Å². The highest BCUT2D eigenvalue weighted by Crippen LogP contribution is 2.34. The summed E-state index contributed by atoms with van der Waals surface area (Å²) in [6.07, 6.45) is 5.32. The third-order valence-corrected chi connectivity index (χ3v) is 4.78. The Morgan fingerprint density at radius 3 is 2.85 bits per heavy atom. The summed E-state index contributed by atoms with van der Waals surface area (Å²) >= 11 is 1.72. The number of hydrogen-bond acceptors (Lipinski definition) is 4. The van der Waals surface area contributed by atoms with Crippen molar-refractivity contribution >= 4 is 11.3 Å². The molecule has 1 saturated carbocycles. The number of hydrogen-bond donors (Lipinski definition) is 1. The van der Waals surface area contributed by atoms with Crippen LogP contribution in [-0.2, 0) is 12.0 Å². The highest BCUT2D eigenvalue weighted by atomic mass is 32.1. The van der Waals surface area contributed by atoms with Crippen LogP contribution in [0.3, 0.4) is 0 Å². The van der Waals surface area contributed by atoms with Gasteiger partial charge < -0.3 is 10.1 Å². The van der Waals surface area contributed by atoms with Crippen LogP contribution in [0.25, 0.3) is 0 Å². The van der Waals surface area contributed by atoms with E-state index in [-0.39, 0.29) is 5.54 Å². The maximum Gasteiger partial charge on any atom is 0.122 e. The Balaban J connectivity index is 1.89. The fourth-order valence-electron chi connectivity index (χ4n) is 2.59. The standard InChI is InChI=1S/C16H20N2OS/c1-16(18-13-7-8-13,15-17-9-10-20-15)11-12-5-3-4-6-14(12)19-2/h3-6,9-10,13,18H,7-8,11H2,1-2H3. The molecule has 0 spiro atoms. The molecule has 1 fully saturated rings. The zero-order valence-corrected chi connectivity index (χ0v) is 12.7. The molecule has 0 amide bonds. The minimum Gasteiger partial charge on any atom is -0.496 e. The van der Waals surface area contributed by atoms with Crippen LogP contribution in [0.15, 0.2) is 35.8 Å². The number of rotatable bonds is 6. The highest BCUT2D eigenvalue weighted by Gasteiger charge is 2.36. The summed E-state index contributed by atoms with van der Waals surface area (Å²) in [7, 11) is 1.73. The molecule has 0 saturated heterocycles. The van der Waals surface area contributed by atoms with Crippen LogP contribution in [0.5, 0.6) is 5.75 Å². The summed E-state index contributed by atoms with van der Waals surface area (Å²) in [5.74, 6) is 0.952. The number of nitrogens with one attached hydrogen (secondary N) is 1. The van der Waals surface area contributed by atoms with Crippen molar-refractivity contribution in [1.82, 2.24) is 10.3 Å². The van der Waals surface area contributed by atoms with Crippen LogP contribution in [0.2, 0.25) is 0 Å². The van der Waals surface area contributed by atoms with Gasteiger partial charge in [-0.2, -0.15) is 0 Å². The van der Waals surface area contributed by atoms with Gasteiger partial charge in [0.15, 0.2) is 0 Å². The van der Waals surface area contributed by atoms with Crippen molar-refractivity contribution in [2.24, 2.45) is 0 Å². The Morgan fingerprint density at radius 2 is 2.20 bits per heavy atom. The van der Waals surface area contributed by atoms with E-state index in [1.54, 1.807) is 18.4 Å². The summed E-state index contributed by atoms with van der Waals surface area (Å²) in [6.45, 7) is 2.25. The van der Waals surface area contributed by atoms with Crippen molar-refractivity contribution in [3.05, 3.63) is 46.4 Å². The molecule has 1 aliphatic carbocycles. The third kappa shape index (κ3) is 2.86. The summed E-state index contributed by atoms with van der Waals surface area (Å²) < 4.78 is 5.48. The number of para-hydroxylation sites is 1. The van der Waals surface area contributed by atoms with E-state index >= 15 is 0 Å². The molecule has 1 aromatic heterocycles. The van der Waals surface area contributed by atoms with Crippen molar-refractivity contribution in [2.75, 3.05) is 7.11 Å². The predicted octanol–water partition coefficient (Wildman–Crippen LogP) is 3.36. The van der Waals surface area contributed by atoms with E-state index in [0.717, 1.165) is 17.2 Å². The molecule has 106 valence electrons. The number of methoxy groups -OCH3 is 1. The average Bonchev–Trinajstić information content (AvgIpc) is 3.08. The van der Waals surface area contributed by atoms with Crippen LogP contribution in [0.1, 0.15) is 30.3 Å². The van der Waals surface area contributed by atoms with E-state index in [2.05, 4.69) is 29.4 Å². The van der Waals surface area contributed by atoms with Crippen LogP contribution in [-0.4, -0.2) is 18.1 Å². The molecule has 3 rings (SSSR count). The number of aromatic nitrogens is 1. The van der Waals surface area contributed by atoms with Gasteiger partial charge in [0.1, 0.15) is 10.8 Å². The van der Waals surface area contributed by atoms with E-state index in [9.17, 15) is 0 Å². The largest absolute Gasteiger partial charge is 0.496 e. The fraction of sp³-hybridized carbons (Fsp3) is 0.438. The second-order valence-corrected chi connectivity index (χ2v) is 6.47. The summed E-state index contributed by atoms with van der Waals surface area (Å²) in [6, 6.07) is 8.88. The van der Waals surface area contributed by atoms with Gasteiger partial charge in [-0.3, -0.25) is 0 Å². The number of nitrogens with zero attached hydrogens (tertiary/aromatic N) is 1. The van der Waals surface area contributed by atoms with Crippen LogP contribution >= 0.6 is 11.3 Å². The van der Waals surface area contributed by atoms with E-state index in [1.165, 1.54) is 18.4 Å². The van der Waals surface area contributed by atoms with Gasteiger partial charge in [0.05, 0.1) is 12.6 Å². The van der Waals surface area contributed by atoms with Gasteiger partial charge in [-0.05, 0) is 31.4 Å². The molecule has 0 radical (unpaired) electrons. The Bertz CT molecular complexity index is 566. The minimum atomic E-state index is -0.121. The molecular formula is C16H20N2OS. The molecule has 1 aliphatic rings. The third-order valence-electron chi connectivity index (χ3n) is 3.74. The van der Waals surface area contributed by atoms with Gasteiger partial charge in [0.2, 0.25) is 0 Å². The molecule has 1 aromatic carbocycles. The lowest BCUT2D eigenvalue weighted by molar-refractivity contribution is 0.346.